The number of nitrogens with zero attached hydrogens (tertiary/aromatic N) is 3. The molecule has 0 unspecified atom stereocenters. The molecule has 0 aliphatic rings. The molecule has 0 aliphatic heterocycles. The van der Waals surface area contributed by atoms with E-state index in [4.69, 9.17) is 0 Å². The van der Waals surface area contributed by atoms with Crippen LogP contribution in [0.5, 0.6) is 0 Å². The molecule has 2 rings (SSSR count). The Morgan fingerprint density at radius 1 is 1.47 bits per heavy atom. The van der Waals surface area contributed by atoms with Gasteiger partial charge < -0.3 is 5.32 Å². The van der Waals surface area contributed by atoms with Gasteiger partial charge in [-0.15, -0.1) is 0 Å². The summed E-state index contributed by atoms with van der Waals surface area (Å²) in [5.74, 6) is 0. The molecule has 2 aromatic heterocycles. The van der Waals surface area contributed by atoms with Gasteiger partial charge in [0, 0.05) is 13.2 Å². The zero-order valence-electron chi connectivity index (χ0n) is 8.91. The average molecular weight is 245 g/mol. The standard InChI is InChI=1S/C9H10F3N5/c1-17-3-2-6(16-17)4-13-7-5-14-15-8(7)9(10,11)12/h2-3,5,13H,4H2,1H3,(H,14,15). The van der Waals surface area contributed by atoms with E-state index in [1.807, 2.05) is 5.10 Å². The zero-order valence-corrected chi connectivity index (χ0v) is 8.91. The number of hydrogen-bond donors (Lipinski definition) is 2. The Morgan fingerprint density at radius 2 is 2.24 bits per heavy atom. The van der Waals surface area contributed by atoms with E-state index in [0.29, 0.717) is 5.69 Å². The van der Waals surface area contributed by atoms with Gasteiger partial charge in [-0.1, -0.05) is 0 Å². The normalized spacial score (nSPS) is 11.8. The van der Waals surface area contributed by atoms with Crippen molar-refractivity contribution in [3.8, 4) is 0 Å². The molecule has 0 atom stereocenters. The van der Waals surface area contributed by atoms with Crippen LogP contribution in [-0.2, 0) is 19.8 Å². The van der Waals surface area contributed by atoms with Crippen molar-refractivity contribution in [2.75, 3.05) is 5.32 Å². The van der Waals surface area contributed by atoms with E-state index in [-0.39, 0.29) is 12.2 Å². The summed E-state index contributed by atoms with van der Waals surface area (Å²) in [6.45, 7) is 0.212. The van der Waals surface area contributed by atoms with Crippen LogP contribution in [0.25, 0.3) is 0 Å². The first-order valence-corrected chi connectivity index (χ1v) is 4.80. The quantitative estimate of drug-likeness (QED) is 0.866. The number of aromatic amines is 1. The summed E-state index contributed by atoms with van der Waals surface area (Å²) in [5.41, 5.74) is -0.307. The second-order valence-electron chi connectivity index (χ2n) is 3.49. The lowest BCUT2D eigenvalue weighted by Gasteiger charge is -2.07. The van der Waals surface area contributed by atoms with Crippen molar-refractivity contribution in [2.45, 2.75) is 12.7 Å². The van der Waals surface area contributed by atoms with E-state index in [1.165, 1.54) is 0 Å². The van der Waals surface area contributed by atoms with Gasteiger partial charge in [0.05, 0.1) is 24.1 Å². The Kier molecular flexibility index (Phi) is 2.78. The highest BCUT2D eigenvalue weighted by atomic mass is 19.4. The third-order valence-electron chi connectivity index (χ3n) is 2.15. The minimum Gasteiger partial charge on any atom is -0.376 e. The molecule has 2 heterocycles. The van der Waals surface area contributed by atoms with Crippen molar-refractivity contribution in [3.63, 3.8) is 0 Å². The van der Waals surface area contributed by atoms with Crippen molar-refractivity contribution < 1.29 is 13.2 Å². The molecule has 0 amide bonds. The van der Waals surface area contributed by atoms with Crippen LogP contribution >= 0.6 is 0 Å². The van der Waals surface area contributed by atoms with E-state index in [1.54, 1.807) is 24.0 Å². The van der Waals surface area contributed by atoms with Gasteiger partial charge in [0.2, 0.25) is 0 Å². The maximum Gasteiger partial charge on any atom is 0.434 e. The summed E-state index contributed by atoms with van der Waals surface area (Å²) in [7, 11) is 1.74. The van der Waals surface area contributed by atoms with E-state index in [0.717, 1.165) is 6.20 Å². The molecule has 0 spiro atoms. The summed E-state index contributed by atoms with van der Waals surface area (Å²) >= 11 is 0. The van der Waals surface area contributed by atoms with Crippen LogP contribution in [0, 0.1) is 0 Å². The van der Waals surface area contributed by atoms with Crippen LogP contribution in [0.3, 0.4) is 0 Å². The summed E-state index contributed by atoms with van der Waals surface area (Å²) in [4.78, 5) is 0. The van der Waals surface area contributed by atoms with Crippen LogP contribution in [0.1, 0.15) is 11.4 Å². The van der Waals surface area contributed by atoms with Crippen LogP contribution in [-0.4, -0.2) is 20.0 Å². The van der Waals surface area contributed by atoms with Crippen molar-refractivity contribution in [1.82, 2.24) is 20.0 Å². The number of hydrogen-bond acceptors (Lipinski definition) is 3. The van der Waals surface area contributed by atoms with Crippen LogP contribution in [0.15, 0.2) is 18.5 Å². The fraction of sp³-hybridized carbons (Fsp3) is 0.333. The predicted octanol–water partition coefficient (Wildman–Crippen LogP) is 1.77. The van der Waals surface area contributed by atoms with E-state index in [9.17, 15) is 13.2 Å². The van der Waals surface area contributed by atoms with E-state index in [2.05, 4.69) is 15.5 Å². The molecule has 0 saturated carbocycles. The van der Waals surface area contributed by atoms with Gasteiger partial charge in [0.25, 0.3) is 0 Å². The number of aromatic nitrogens is 4. The van der Waals surface area contributed by atoms with Crippen LogP contribution in [0.4, 0.5) is 18.9 Å². The summed E-state index contributed by atoms with van der Waals surface area (Å²) in [6.07, 6.45) is -1.62. The molecule has 17 heavy (non-hydrogen) atoms. The van der Waals surface area contributed by atoms with Gasteiger partial charge >= 0.3 is 6.18 Å². The zero-order chi connectivity index (χ0) is 12.5. The molecule has 0 radical (unpaired) electrons. The largest absolute Gasteiger partial charge is 0.434 e. The molecular weight excluding hydrogens is 235 g/mol. The Bertz CT molecular complexity index is 499. The predicted molar refractivity (Wildman–Crippen MR) is 54.1 cm³/mol. The molecule has 2 aromatic rings. The van der Waals surface area contributed by atoms with Gasteiger partial charge in [-0.3, -0.25) is 9.78 Å². The SMILES string of the molecule is Cn1ccc(CNc2cn[nH]c2C(F)(F)F)n1. The van der Waals surface area contributed by atoms with Gasteiger partial charge in [-0.2, -0.15) is 23.4 Å². The Labute approximate surface area is 94.6 Å². The highest BCUT2D eigenvalue weighted by Crippen LogP contribution is 2.32. The summed E-state index contributed by atoms with van der Waals surface area (Å²) < 4.78 is 39.0. The minimum atomic E-state index is -4.44. The topological polar surface area (TPSA) is 58.5 Å². The molecule has 8 heteroatoms. The molecule has 5 nitrogen and oxygen atoms in total. The first-order chi connectivity index (χ1) is 7.97. The molecule has 0 fully saturated rings. The first kappa shape index (κ1) is 11.5. The minimum absolute atomic E-state index is 0.0804. The number of alkyl halides is 3. The van der Waals surface area contributed by atoms with Crippen molar-refractivity contribution in [3.05, 3.63) is 29.8 Å². The van der Waals surface area contributed by atoms with Gasteiger partial charge in [-0.25, -0.2) is 0 Å². The molecule has 0 bridgehead atoms. The Hall–Kier alpha value is -1.99. The number of nitrogens with one attached hydrogen (secondary N) is 2. The molecule has 0 aliphatic carbocycles. The Balaban J connectivity index is 2.07. The lowest BCUT2D eigenvalue weighted by atomic mass is 10.3. The number of rotatable bonds is 3. The molecule has 0 saturated heterocycles. The third-order valence-corrected chi connectivity index (χ3v) is 2.15. The van der Waals surface area contributed by atoms with Crippen molar-refractivity contribution >= 4 is 5.69 Å². The monoisotopic (exact) mass is 245 g/mol. The molecule has 2 N–H and O–H groups in total. The lowest BCUT2D eigenvalue weighted by molar-refractivity contribution is -0.140. The van der Waals surface area contributed by atoms with Crippen molar-refractivity contribution in [2.24, 2.45) is 7.05 Å². The number of H-pyrrole nitrogens is 1. The average Bonchev–Trinajstić information content (AvgIpc) is 2.81. The fourth-order valence-electron chi connectivity index (χ4n) is 1.38. The summed E-state index contributed by atoms with van der Waals surface area (Å²) in [5, 5.41) is 12.0. The van der Waals surface area contributed by atoms with Crippen LogP contribution < -0.4 is 5.32 Å². The maximum atomic E-state index is 12.5. The number of aryl methyl sites for hydroxylation is 1. The highest BCUT2D eigenvalue weighted by Gasteiger charge is 2.35. The second kappa shape index (κ2) is 4.11. The van der Waals surface area contributed by atoms with Gasteiger partial charge in [-0.05, 0) is 6.07 Å². The first-order valence-electron chi connectivity index (χ1n) is 4.80. The summed E-state index contributed by atoms with van der Waals surface area (Å²) in [6, 6.07) is 1.72. The third kappa shape index (κ3) is 2.58. The van der Waals surface area contributed by atoms with Crippen molar-refractivity contribution in [1.29, 1.82) is 0 Å². The molecule has 0 aromatic carbocycles. The number of anilines is 1. The lowest BCUT2D eigenvalue weighted by Crippen LogP contribution is -2.10. The second-order valence-corrected chi connectivity index (χ2v) is 3.49. The van der Waals surface area contributed by atoms with Gasteiger partial charge in [0.15, 0.2) is 5.69 Å². The maximum absolute atomic E-state index is 12.5. The van der Waals surface area contributed by atoms with E-state index < -0.39 is 11.9 Å². The van der Waals surface area contributed by atoms with E-state index >= 15 is 0 Å². The van der Waals surface area contributed by atoms with Gasteiger partial charge in [0.1, 0.15) is 0 Å². The number of halogens is 3. The smallest absolute Gasteiger partial charge is 0.376 e. The molecule has 92 valence electrons. The highest BCUT2D eigenvalue weighted by molar-refractivity contribution is 5.47. The van der Waals surface area contributed by atoms with Crippen LogP contribution in [0.2, 0.25) is 0 Å². The fourth-order valence-corrected chi connectivity index (χ4v) is 1.38. The molecular formula is C9H10F3N5. The Morgan fingerprint density at radius 3 is 2.82 bits per heavy atom.